The SMILES string of the molecule is CC(C)(C#N)CNC(=O)c1ncccc1N. The predicted octanol–water partition coefficient (Wildman–Crippen LogP) is 0.943. The Morgan fingerprint density at radius 2 is 2.38 bits per heavy atom. The normalized spacial score (nSPS) is 10.6. The summed E-state index contributed by atoms with van der Waals surface area (Å²) in [5.41, 5.74) is 5.53. The van der Waals surface area contributed by atoms with E-state index in [4.69, 9.17) is 11.0 Å². The number of nitrogens with two attached hydrogens (primary N) is 1. The third-order valence-electron chi connectivity index (χ3n) is 2.05. The van der Waals surface area contributed by atoms with Crippen LogP contribution in [-0.4, -0.2) is 17.4 Å². The van der Waals surface area contributed by atoms with E-state index in [-0.39, 0.29) is 18.1 Å². The molecule has 1 heterocycles. The van der Waals surface area contributed by atoms with E-state index in [0.717, 1.165) is 0 Å². The summed E-state index contributed by atoms with van der Waals surface area (Å²) < 4.78 is 0. The molecule has 0 atom stereocenters. The highest BCUT2D eigenvalue weighted by molar-refractivity contribution is 5.96. The fraction of sp³-hybridized carbons (Fsp3) is 0.364. The van der Waals surface area contributed by atoms with Gasteiger partial charge in [0.1, 0.15) is 0 Å². The van der Waals surface area contributed by atoms with Crippen LogP contribution in [0.5, 0.6) is 0 Å². The van der Waals surface area contributed by atoms with Gasteiger partial charge in [-0.25, -0.2) is 4.98 Å². The van der Waals surface area contributed by atoms with Crippen LogP contribution in [0.2, 0.25) is 0 Å². The Labute approximate surface area is 94.3 Å². The lowest BCUT2D eigenvalue weighted by Gasteiger charge is -2.15. The number of anilines is 1. The van der Waals surface area contributed by atoms with Crippen LogP contribution in [0.25, 0.3) is 0 Å². The smallest absolute Gasteiger partial charge is 0.272 e. The van der Waals surface area contributed by atoms with E-state index in [1.165, 1.54) is 6.20 Å². The molecule has 0 saturated carbocycles. The maximum Gasteiger partial charge on any atom is 0.272 e. The van der Waals surface area contributed by atoms with Crippen LogP contribution in [-0.2, 0) is 0 Å². The summed E-state index contributed by atoms with van der Waals surface area (Å²) in [5, 5.41) is 11.4. The molecular formula is C11H14N4O. The quantitative estimate of drug-likeness (QED) is 0.789. The van der Waals surface area contributed by atoms with Crippen molar-refractivity contribution in [3.8, 4) is 6.07 Å². The van der Waals surface area contributed by atoms with Crippen molar-refractivity contribution in [1.29, 1.82) is 5.26 Å². The van der Waals surface area contributed by atoms with Gasteiger partial charge < -0.3 is 11.1 Å². The Balaban J connectivity index is 2.68. The number of nitriles is 1. The molecule has 0 aliphatic carbocycles. The topological polar surface area (TPSA) is 91.8 Å². The van der Waals surface area contributed by atoms with E-state index in [2.05, 4.69) is 16.4 Å². The fourth-order valence-electron chi connectivity index (χ4n) is 1.03. The molecule has 0 bridgehead atoms. The van der Waals surface area contributed by atoms with Crippen molar-refractivity contribution in [2.24, 2.45) is 5.41 Å². The Bertz CT molecular complexity index is 434. The third-order valence-corrected chi connectivity index (χ3v) is 2.05. The van der Waals surface area contributed by atoms with Gasteiger partial charge in [-0.2, -0.15) is 5.26 Å². The van der Waals surface area contributed by atoms with Crippen LogP contribution in [0.1, 0.15) is 24.3 Å². The second-order valence-electron chi connectivity index (χ2n) is 4.12. The number of carbonyl (C=O) groups excluding carboxylic acids is 1. The monoisotopic (exact) mass is 218 g/mol. The summed E-state index contributed by atoms with van der Waals surface area (Å²) in [5.74, 6) is -0.360. The van der Waals surface area contributed by atoms with Gasteiger partial charge in [-0.1, -0.05) is 0 Å². The Hall–Kier alpha value is -2.09. The van der Waals surface area contributed by atoms with E-state index >= 15 is 0 Å². The largest absolute Gasteiger partial charge is 0.397 e. The molecule has 0 aliphatic rings. The average Bonchev–Trinajstić information content (AvgIpc) is 2.27. The molecule has 84 valence electrons. The molecule has 1 amide bonds. The Morgan fingerprint density at radius 3 is 2.94 bits per heavy atom. The van der Waals surface area contributed by atoms with Gasteiger partial charge in [-0.05, 0) is 26.0 Å². The average molecular weight is 218 g/mol. The molecule has 1 aromatic rings. The van der Waals surface area contributed by atoms with Crippen LogP contribution in [0.15, 0.2) is 18.3 Å². The van der Waals surface area contributed by atoms with Crippen molar-refractivity contribution in [2.45, 2.75) is 13.8 Å². The van der Waals surface area contributed by atoms with Crippen LogP contribution in [0.4, 0.5) is 5.69 Å². The molecule has 0 saturated heterocycles. The minimum Gasteiger partial charge on any atom is -0.397 e. The standard InChI is InChI=1S/C11H14N4O/c1-11(2,6-12)7-15-10(16)9-8(13)4-3-5-14-9/h3-5H,7,13H2,1-2H3,(H,15,16). The highest BCUT2D eigenvalue weighted by Crippen LogP contribution is 2.12. The van der Waals surface area contributed by atoms with Crippen molar-refractivity contribution < 1.29 is 4.79 Å². The number of carbonyl (C=O) groups is 1. The third kappa shape index (κ3) is 2.95. The van der Waals surface area contributed by atoms with Crippen molar-refractivity contribution in [3.05, 3.63) is 24.0 Å². The van der Waals surface area contributed by atoms with Gasteiger partial charge in [0, 0.05) is 12.7 Å². The van der Waals surface area contributed by atoms with Crippen LogP contribution in [0.3, 0.4) is 0 Å². The minimum atomic E-state index is -0.598. The second kappa shape index (κ2) is 4.62. The molecule has 0 aromatic carbocycles. The first-order valence-electron chi connectivity index (χ1n) is 4.86. The number of rotatable bonds is 3. The van der Waals surface area contributed by atoms with E-state index in [0.29, 0.717) is 5.69 Å². The van der Waals surface area contributed by atoms with E-state index in [9.17, 15) is 4.79 Å². The second-order valence-corrected chi connectivity index (χ2v) is 4.12. The molecule has 0 spiro atoms. The van der Waals surface area contributed by atoms with Gasteiger partial charge in [0.2, 0.25) is 0 Å². The van der Waals surface area contributed by atoms with Gasteiger partial charge in [-0.15, -0.1) is 0 Å². The van der Waals surface area contributed by atoms with Gasteiger partial charge in [0.25, 0.3) is 5.91 Å². The maximum atomic E-state index is 11.7. The number of hydrogen-bond donors (Lipinski definition) is 2. The van der Waals surface area contributed by atoms with Crippen LogP contribution < -0.4 is 11.1 Å². The molecule has 16 heavy (non-hydrogen) atoms. The molecule has 0 fully saturated rings. The zero-order valence-corrected chi connectivity index (χ0v) is 9.32. The summed E-state index contributed by atoms with van der Waals surface area (Å²) in [4.78, 5) is 15.5. The van der Waals surface area contributed by atoms with Crippen molar-refractivity contribution in [1.82, 2.24) is 10.3 Å². The highest BCUT2D eigenvalue weighted by Gasteiger charge is 2.19. The number of pyridine rings is 1. The van der Waals surface area contributed by atoms with Crippen LogP contribution in [0, 0.1) is 16.7 Å². The highest BCUT2D eigenvalue weighted by atomic mass is 16.1. The van der Waals surface area contributed by atoms with Crippen molar-refractivity contribution in [2.75, 3.05) is 12.3 Å². The van der Waals surface area contributed by atoms with E-state index < -0.39 is 5.41 Å². The Morgan fingerprint density at radius 1 is 1.69 bits per heavy atom. The summed E-state index contributed by atoms with van der Waals surface area (Å²) in [6, 6.07) is 5.36. The molecule has 1 aromatic heterocycles. The molecule has 5 heteroatoms. The summed E-state index contributed by atoms with van der Waals surface area (Å²) in [6.07, 6.45) is 1.50. The number of nitrogens with zero attached hydrogens (tertiary/aromatic N) is 2. The van der Waals surface area contributed by atoms with Crippen molar-refractivity contribution in [3.63, 3.8) is 0 Å². The maximum absolute atomic E-state index is 11.7. The van der Waals surface area contributed by atoms with Gasteiger partial charge >= 0.3 is 0 Å². The summed E-state index contributed by atoms with van der Waals surface area (Å²) in [6.45, 7) is 3.75. The van der Waals surface area contributed by atoms with E-state index in [1.54, 1.807) is 26.0 Å². The number of hydrogen-bond acceptors (Lipinski definition) is 4. The van der Waals surface area contributed by atoms with Crippen molar-refractivity contribution >= 4 is 11.6 Å². The number of nitrogen functional groups attached to an aromatic ring is 1. The number of nitrogens with one attached hydrogen (secondary N) is 1. The zero-order valence-electron chi connectivity index (χ0n) is 9.32. The molecule has 0 radical (unpaired) electrons. The number of amides is 1. The lowest BCUT2D eigenvalue weighted by atomic mass is 9.96. The first-order chi connectivity index (χ1) is 7.46. The van der Waals surface area contributed by atoms with Crippen LogP contribution >= 0.6 is 0 Å². The molecular weight excluding hydrogens is 204 g/mol. The number of aromatic nitrogens is 1. The minimum absolute atomic E-state index is 0.191. The first kappa shape index (κ1) is 12.0. The zero-order chi connectivity index (χ0) is 12.2. The lowest BCUT2D eigenvalue weighted by Crippen LogP contribution is -2.34. The van der Waals surface area contributed by atoms with Gasteiger partial charge in [0.15, 0.2) is 5.69 Å². The summed E-state index contributed by atoms with van der Waals surface area (Å²) >= 11 is 0. The lowest BCUT2D eigenvalue weighted by molar-refractivity contribution is 0.0939. The Kier molecular flexibility index (Phi) is 3.46. The molecule has 3 N–H and O–H groups in total. The first-order valence-corrected chi connectivity index (χ1v) is 4.86. The van der Waals surface area contributed by atoms with E-state index in [1.807, 2.05) is 0 Å². The molecule has 0 aliphatic heterocycles. The predicted molar refractivity (Wildman–Crippen MR) is 60.4 cm³/mol. The summed E-state index contributed by atoms with van der Waals surface area (Å²) in [7, 11) is 0. The molecule has 5 nitrogen and oxygen atoms in total. The molecule has 0 unspecified atom stereocenters. The van der Waals surface area contributed by atoms with Gasteiger partial charge in [0.05, 0.1) is 17.2 Å². The molecule has 1 rings (SSSR count). The van der Waals surface area contributed by atoms with Gasteiger partial charge in [-0.3, -0.25) is 4.79 Å². The fourth-order valence-corrected chi connectivity index (χ4v) is 1.03.